The molecule has 18 heavy (non-hydrogen) atoms. The van der Waals surface area contributed by atoms with Crippen LogP contribution in [0.1, 0.15) is 39.0 Å². The minimum atomic E-state index is -0.0310. The third-order valence-corrected chi connectivity index (χ3v) is 3.18. The molecule has 2 rings (SSSR count). The number of pyridine rings is 1. The average Bonchev–Trinajstić information content (AvgIpc) is 2.35. The monoisotopic (exact) mass is 243 g/mol. The maximum absolute atomic E-state index is 5.62. The lowest BCUT2D eigenvalue weighted by atomic mass is 9.89. The number of benzene rings is 1. The minimum Gasteiger partial charge on any atom is -0.322 e. The van der Waals surface area contributed by atoms with E-state index in [0.29, 0.717) is 0 Å². The molecule has 0 radical (unpaired) electrons. The first kappa shape index (κ1) is 12.8. The van der Waals surface area contributed by atoms with Crippen LogP contribution in [0.3, 0.4) is 0 Å². The summed E-state index contributed by atoms with van der Waals surface area (Å²) in [6.45, 7) is 8.60. The van der Waals surface area contributed by atoms with E-state index in [2.05, 4.69) is 57.4 Å². The van der Waals surface area contributed by atoms with Gasteiger partial charge in [0.25, 0.3) is 0 Å². The Hall–Kier alpha value is -1.61. The van der Waals surface area contributed by atoms with Gasteiger partial charge in [0, 0.05) is 10.8 Å². The molecule has 0 atom stereocenters. The predicted octanol–water partition coefficient (Wildman–Crippen LogP) is 3.38. The molecule has 2 aromatic rings. The lowest BCUT2D eigenvalue weighted by molar-refractivity contribution is 0.573. The van der Waals surface area contributed by atoms with E-state index < -0.39 is 0 Å². The summed E-state index contributed by atoms with van der Waals surface area (Å²) in [6, 6.07) is 8.37. The Morgan fingerprint density at radius 3 is 2.56 bits per heavy atom. The fraction of sp³-hybridized carbons (Fsp3) is 0.400. The lowest BCUT2D eigenvalue weighted by Gasteiger charge is -2.22. The molecule has 0 aliphatic rings. The molecule has 0 aliphatic carbocycles. The van der Waals surface area contributed by atoms with Crippen molar-refractivity contribution in [1.29, 1.82) is 0 Å². The lowest BCUT2D eigenvalue weighted by Crippen LogP contribution is -2.19. The zero-order valence-electron chi connectivity index (χ0n) is 11.5. The van der Waals surface area contributed by atoms with Crippen LogP contribution in [0.5, 0.6) is 0 Å². The standard InChI is InChI=1S/C15H21N3/c1-5-10-7-6-8-11-9-12(18-16)14(15(2,3)4)17-13(10)11/h6-9,18H,5,16H2,1-4H3. The molecule has 1 heterocycles. The molecule has 0 aliphatic heterocycles. The Kier molecular flexibility index (Phi) is 3.26. The van der Waals surface area contributed by atoms with E-state index in [1.807, 2.05) is 0 Å². The van der Waals surface area contributed by atoms with E-state index in [4.69, 9.17) is 10.8 Å². The number of nitrogens with one attached hydrogen (secondary N) is 1. The number of para-hydroxylation sites is 1. The van der Waals surface area contributed by atoms with Gasteiger partial charge in [0.2, 0.25) is 0 Å². The Bertz CT molecular complexity index is 568. The van der Waals surface area contributed by atoms with Gasteiger partial charge in [-0.15, -0.1) is 0 Å². The highest BCUT2D eigenvalue weighted by Gasteiger charge is 2.20. The van der Waals surface area contributed by atoms with Crippen LogP contribution in [-0.2, 0) is 11.8 Å². The van der Waals surface area contributed by atoms with E-state index in [1.165, 1.54) is 5.56 Å². The second-order valence-corrected chi connectivity index (χ2v) is 5.62. The van der Waals surface area contributed by atoms with Crippen molar-refractivity contribution >= 4 is 16.6 Å². The summed E-state index contributed by atoms with van der Waals surface area (Å²) >= 11 is 0. The molecular formula is C15H21N3. The number of nitrogens with two attached hydrogens (primary N) is 1. The molecule has 96 valence electrons. The van der Waals surface area contributed by atoms with Crippen LogP contribution in [0.25, 0.3) is 10.9 Å². The molecule has 0 saturated heterocycles. The van der Waals surface area contributed by atoms with Crippen molar-refractivity contribution in [1.82, 2.24) is 4.98 Å². The van der Waals surface area contributed by atoms with Crippen LogP contribution in [0.15, 0.2) is 24.3 Å². The SMILES string of the molecule is CCc1cccc2cc(NN)c(C(C)(C)C)nc12. The van der Waals surface area contributed by atoms with Gasteiger partial charge in [-0.05, 0) is 18.1 Å². The maximum Gasteiger partial charge on any atom is 0.0739 e. The molecule has 1 aromatic carbocycles. The number of anilines is 1. The summed E-state index contributed by atoms with van der Waals surface area (Å²) in [7, 11) is 0. The second kappa shape index (κ2) is 4.58. The third-order valence-electron chi connectivity index (χ3n) is 3.18. The van der Waals surface area contributed by atoms with Gasteiger partial charge in [0.05, 0.1) is 16.9 Å². The van der Waals surface area contributed by atoms with Crippen molar-refractivity contribution in [3.8, 4) is 0 Å². The van der Waals surface area contributed by atoms with Gasteiger partial charge in [-0.3, -0.25) is 5.84 Å². The van der Waals surface area contributed by atoms with Crippen molar-refractivity contribution < 1.29 is 0 Å². The second-order valence-electron chi connectivity index (χ2n) is 5.62. The summed E-state index contributed by atoms with van der Waals surface area (Å²) in [4.78, 5) is 4.85. The first-order valence-electron chi connectivity index (χ1n) is 6.37. The van der Waals surface area contributed by atoms with E-state index >= 15 is 0 Å². The molecule has 0 fully saturated rings. The highest BCUT2D eigenvalue weighted by Crippen LogP contribution is 2.31. The number of hydrazine groups is 1. The molecule has 3 N–H and O–H groups in total. The predicted molar refractivity (Wildman–Crippen MR) is 77.6 cm³/mol. The van der Waals surface area contributed by atoms with Gasteiger partial charge in [-0.1, -0.05) is 45.9 Å². The Morgan fingerprint density at radius 2 is 2.00 bits per heavy atom. The molecule has 0 spiro atoms. The number of nitrogen functional groups attached to an aromatic ring is 1. The van der Waals surface area contributed by atoms with Gasteiger partial charge < -0.3 is 5.43 Å². The van der Waals surface area contributed by atoms with Gasteiger partial charge in [0.1, 0.15) is 0 Å². The number of aryl methyl sites for hydroxylation is 1. The van der Waals surface area contributed by atoms with E-state index in [9.17, 15) is 0 Å². The number of rotatable bonds is 2. The maximum atomic E-state index is 5.62. The highest BCUT2D eigenvalue weighted by molar-refractivity contribution is 5.85. The first-order chi connectivity index (χ1) is 8.47. The Morgan fingerprint density at radius 1 is 1.28 bits per heavy atom. The largest absolute Gasteiger partial charge is 0.322 e. The summed E-state index contributed by atoms with van der Waals surface area (Å²) in [5.41, 5.74) is 7.02. The van der Waals surface area contributed by atoms with Gasteiger partial charge >= 0.3 is 0 Å². The smallest absolute Gasteiger partial charge is 0.0739 e. The normalized spacial score (nSPS) is 11.8. The van der Waals surface area contributed by atoms with Crippen LogP contribution in [0.2, 0.25) is 0 Å². The number of hydrogen-bond donors (Lipinski definition) is 2. The molecule has 3 nitrogen and oxygen atoms in total. The summed E-state index contributed by atoms with van der Waals surface area (Å²) in [5, 5.41) is 1.13. The number of hydrogen-bond acceptors (Lipinski definition) is 3. The van der Waals surface area contributed by atoms with Gasteiger partial charge in [0.15, 0.2) is 0 Å². The van der Waals surface area contributed by atoms with Crippen molar-refractivity contribution in [2.45, 2.75) is 39.5 Å². The van der Waals surface area contributed by atoms with Crippen molar-refractivity contribution in [3.63, 3.8) is 0 Å². The molecule has 0 unspecified atom stereocenters. The van der Waals surface area contributed by atoms with Crippen LogP contribution in [0, 0.1) is 0 Å². The number of aromatic nitrogens is 1. The van der Waals surface area contributed by atoms with Crippen molar-refractivity contribution in [3.05, 3.63) is 35.5 Å². The average molecular weight is 243 g/mol. The molecule has 1 aromatic heterocycles. The van der Waals surface area contributed by atoms with E-state index in [1.54, 1.807) is 0 Å². The molecule has 0 amide bonds. The summed E-state index contributed by atoms with van der Waals surface area (Å²) in [5.74, 6) is 5.62. The van der Waals surface area contributed by atoms with Crippen molar-refractivity contribution in [2.75, 3.05) is 5.43 Å². The van der Waals surface area contributed by atoms with Gasteiger partial charge in [-0.25, -0.2) is 4.98 Å². The fourth-order valence-corrected chi connectivity index (χ4v) is 2.23. The zero-order valence-corrected chi connectivity index (χ0v) is 11.5. The fourth-order valence-electron chi connectivity index (χ4n) is 2.23. The van der Waals surface area contributed by atoms with Crippen LogP contribution in [-0.4, -0.2) is 4.98 Å². The summed E-state index contributed by atoms with van der Waals surface area (Å²) < 4.78 is 0. The molecular weight excluding hydrogens is 222 g/mol. The van der Waals surface area contributed by atoms with E-state index in [0.717, 1.165) is 28.7 Å². The van der Waals surface area contributed by atoms with Gasteiger partial charge in [-0.2, -0.15) is 0 Å². The minimum absolute atomic E-state index is 0.0310. The molecule has 3 heteroatoms. The highest BCUT2D eigenvalue weighted by atomic mass is 15.2. The number of nitrogens with zero attached hydrogens (tertiary/aromatic N) is 1. The Labute approximate surface area is 108 Å². The van der Waals surface area contributed by atoms with Crippen LogP contribution >= 0.6 is 0 Å². The first-order valence-corrected chi connectivity index (χ1v) is 6.37. The zero-order chi connectivity index (χ0) is 13.3. The quantitative estimate of drug-likeness (QED) is 0.628. The van der Waals surface area contributed by atoms with Crippen molar-refractivity contribution in [2.24, 2.45) is 5.84 Å². The third kappa shape index (κ3) is 2.18. The number of fused-ring (bicyclic) bond motifs is 1. The molecule has 0 saturated carbocycles. The van der Waals surface area contributed by atoms with E-state index in [-0.39, 0.29) is 5.41 Å². The summed E-state index contributed by atoms with van der Waals surface area (Å²) in [6.07, 6.45) is 0.989. The molecule has 0 bridgehead atoms. The topological polar surface area (TPSA) is 50.9 Å². The Balaban J connectivity index is 2.78. The van der Waals surface area contributed by atoms with Crippen LogP contribution < -0.4 is 11.3 Å². The van der Waals surface area contributed by atoms with Crippen LogP contribution in [0.4, 0.5) is 5.69 Å².